The first-order valence-electron chi connectivity index (χ1n) is 6.75. The Bertz CT molecular complexity index is 389. The van der Waals surface area contributed by atoms with E-state index in [0.717, 1.165) is 0 Å². The molecule has 6 heteroatoms. The average Bonchev–Trinajstić information content (AvgIpc) is 2.29. The predicted molar refractivity (Wildman–Crippen MR) is 74.9 cm³/mol. The van der Waals surface area contributed by atoms with Crippen molar-refractivity contribution in [3.8, 4) is 0 Å². The smallest absolute Gasteiger partial charge is 0.324 e. The van der Waals surface area contributed by atoms with Gasteiger partial charge in [0.1, 0.15) is 11.6 Å². The van der Waals surface area contributed by atoms with E-state index in [0.29, 0.717) is 19.4 Å². The SMILES string of the molecule is C=CC(C(=O)O)N1CCC(C(=O)OC(C)(C)C)CC1N. The first-order chi connectivity index (χ1) is 9.15. The molecule has 3 atom stereocenters. The fourth-order valence-corrected chi connectivity index (χ4v) is 2.34. The van der Waals surface area contributed by atoms with Crippen molar-refractivity contribution in [2.24, 2.45) is 11.7 Å². The highest BCUT2D eigenvalue weighted by Crippen LogP contribution is 2.25. The summed E-state index contributed by atoms with van der Waals surface area (Å²) in [5.41, 5.74) is 5.47. The Morgan fingerprint density at radius 2 is 2.10 bits per heavy atom. The van der Waals surface area contributed by atoms with E-state index in [9.17, 15) is 9.59 Å². The highest BCUT2D eigenvalue weighted by atomic mass is 16.6. The maximum Gasteiger partial charge on any atom is 0.324 e. The Labute approximate surface area is 119 Å². The molecule has 20 heavy (non-hydrogen) atoms. The molecule has 0 aliphatic carbocycles. The van der Waals surface area contributed by atoms with E-state index in [4.69, 9.17) is 15.6 Å². The number of aliphatic carboxylic acids is 1. The van der Waals surface area contributed by atoms with E-state index in [-0.39, 0.29) is 11.9 Å². The number of carbonyl (C=O) groups is 2. The van der Waals surface area contributed by atoms with Gasteiger partial charge in [0.05, 0.1) is 12.1 Å². The number of ether oxygens (including phenoxy) is 1. The van der Waals surface area contributed by atoms with Gasteiger partial charge in [-0.05, 0) is 33.6 Å². The number of hydrogen-bond acceptors (Lipinski definition) is 5. The normalized spacial score (nSPS) is 25.8. The molecule has 1 aliphatic rings. The topological polar surface area (TPSA) is 92.9 Å². The zero-order valence-corrected chi connectivity index (χ0v) is 12.3. The minimum atomic E-state index is -0.980. The summed E-state index contributed by atoms with van der Waals surface area (Å²) in [4.78, 5) is 24.8. The third-order valence-corrected chi connectivity index (χ3v) is 3.26. The zero-order valence-electron chi connectivity index (χ0n) is 12.3. The second kappa shape index (κ2) is 6.37. The summed E-state index contributed by atoms with van der Waals surface area (Å²) in [5, 5.41) is 9.11. The van der Waals surface area contributed by atoms with Crippen LogP contribution in [-0.4, -0.2) is 46.3 Å². The summed E-state index contributed by atoms with van der Waals surface area (Å²) in [6, 6.07) is -0.815. The van der Waals surface area contributed by atoms with Gasteiger partial charge >= 0.3 is 11.9 Å². The van der Waals surface area contributed by atoms with Gasteiger partial charge in [0.25, 0.3) is 0 Å². The lowest BCUT2D eigenvalue weighted by molar-refractivity contribution is -0.163. The van der Waals surface area contributed by atoms with Gasteiger partial charge in [-0.25, -0.2) is 0 Å². The van der Waals surface area contributed by atoms with Crippen molar-refractivity contribution in [1.29, 1.82) is 0 Å². The lowest BCUT2D eigenvalue weighted by atomic mass is 9.93. The van der Waals surface area contributed by atoms with E-state index in [2.05, 4.69) is 6.58 Å². The summed E-state index contributed by atoms with van der Waals surface area (Å²) in [5.74, 6) is -1.52. The van der Waals surface area contributed by atoms with Gasteiger partial charge in [0.2, 0.25) is 0 Å². The second-order valence-corrected chi connectivity index (χ2v) is 6.08. The maximum atomic E-state index is 12.0. The van der Waals surface area contributed by atoms with E-state index in [1.165, 1.54) is 6.08 Å². The van der Waals surface area contributed by atoms with Crippen molar-refractivity contribution in [2.75, 3.05) is 6.54 Å². The van der Waals surface area contributed by atoms with Crippen LogP contribution in [0.5, 0.6) is 0 Å². The Balaban J connectivity index is 2.65. The van der Waals surface area contributed by atoms with Crippen LogP contribution in [0, 0.1) is 5.92 Å². The van der Waals surface area contributed by atoms with Crippen molar-refractivity contribution >= 4 is 11.9 Å². The van der Waals surface area contributed by atoms with Crippen LogP contribution >= 0.6 is 0 Å². The number of nitrogens with two attached hydrogens (primary N) is 1. The van der Waals surface area contributed by atoms with E-state index >= 15 is 0 Å². The molecule has 1 rings (SSSR count). The van der Waals surface area contributed by atoms with Crippen molar-refractivity contribution < 1.29 is 19.4 Å². The predicted octanol–water partition coefficient (Wildman–Crippen LogP) is 0.964. The third kappa shape index (κ3) is 4.31. The minimum absolute atomic E-state index is 0.266. The summed E-state index contributed by atoms with van der Waals surface area (Å²) >= 11 is 0. The molecule has 1 heterocycles. The molecule has 0 spiro atoms. The first kappa shape index (κ1) is 16.7. The van der Waals surface area contributed by atoms with Gasteiger partial charge in [0, 0.05) is 6.54 Å². The number of likely N-dealkylation sites (tertiary alicyclic amines) is 1. The van der Waals surface area contributed by atoms with Gasteiger partial charge in [-0.3, -0.25) is 14.5 Å². The lowest BCUT2D eigenvalue weighted by Crippen LogP contribution is -2.55. The number of carboxylic acids is 1. The number of esters is 1. The monoisotopic (exact) mass is 284 g/mol. The molecule has 3 unspecified atom stereocenters. The van der Waals surface area contributed by atoms with Crippen LogP contribution in [0.3, 0.4) is 0 Å². The molecular weight excluding hydrogens is 260 g/mol. The fraction of sp³-hybridized carbons (Fsp3) is 0.714. The molecular formula is C14H24N2O4. The first-order valence-corrected chi connectivity index (χ1v) is 6.75. The van der Waals surface area contributed by atoms with Gasteiger partial charge in [-0.15, -0.1) is 6.58 Å². The van der Waals surface area contributed by atoms with Crippen molar-refractivity contribution in [1.82, 2.24) is 4.90 Å². The van der Waals surface area contributed by atoms with Crippen molar-refractivity contribution in [3.63, 3.8) is 0 Å². The third-order valence-electron chi connectivity index (χ3n) is 3.26. The molecule has 1 fully saturated rings. The van der Waals surface area contributed by atoms with Crippen molar-refractivity contribution in [2.45, 2.75) is 51.4 Å². The second-order valence-electron chi connectivity index (χ2n) is 6.08. The summed E-state index contributed by atoms with van der Waals surface area (Å²) in [6.45, 7) is 9.42. The highest BCUT2D eigenvalue weighted by molar-refractivity contribution is 5.76. The quantitative estimate of drug-likeness (QED) is 0.590. The standard InChI is InChI=1S/C14H24N2O4/c1-5-10(12(17)18)16-7-6-9(8-11(16)15)13(19)20-14(2,3)4/h5,9-11H,1,6-8,15H2,2-4H3,(H,17,18). The maximum absolute atomic E-state index is 12.0. The van der Waals surface area contributed by atoms with Crippen LogP contribution in [0.4, 0.5) is 0 Å². The molecule has 0 saturated carbocycles. The molecule has 0 aromatic heterocycles. The zero-order chi connectivity index (χ0) is 15.5. The summed E-state index contributed by atoms with van der Waals surface area (Å²) in [6.07, 6.45) is 1.81. The van der Waals surface area contributed by atoms with Crippen LogP contribution < -0.4 is 5.73 Å². The van der Waals surface area contributed by atoms with Crippen LogP contribution in [-0.2, 0) is 14.3 Å². The molecule has 1 aliphatic heterocycles. The summed E-state index contributed by atoms with van der Waals surface area (Å²) < 4.78 is 5.35. The molecule has 0 aromatic rings. The number of carbonyl (C=O) groups excluding carboxylic acids is 1. The molecule has 0 amide bonds. The minimum Gasteiger partial charge on any atom is -0.480 e. The Morgan fingerprint density at radius 1 is 1.50 bits per heavy atom. The number of carboxylic acid groups (broad SMARTS) is 1. The molecule has 1 saturated heterocycles. The van der Waals surface area contributed by atoms with E-state index in [1.54, 1.807) is 4.90 Å². The molecule has 6 nitrogen and oxygen atoms in total. The Kier molecular flexibility index (Phi) is 5.30. The number of piperidine rings is 1. The Hall–Kier alpha value is -1.40. The molecule has 0 aromatic carbocycles. The van der Waals surface area contributed by atoms with Crippen molar-refractivity contribution in [3.05, 3.63) is 12.7 Å². The van der Waals surface area contributed by atoms with Crippen LogP contribution in [0.1, 0.15) is 33.6 Å². The van der Waals surface area contributed by atoms with Gasteiger partial charge in [0.15, 0.2) is 0 Å². The Morgan fingerprint density at radius 3 is 2.50 bits per heavy atom. The fourth-order valence-electron chi connectivity index (χ4n) is 2.34. The number of nitrogens with zero attached hydrogens (tertiary/aromatic N) is 1. The van der Waals surface area contributed by atoms with Gasteiger partial charge < -0.3 is 15.6 Å². The molecule has 114 valence electrons. The van der Waals surface area contributed by atoms with Crippen LogP contribution in [0.25, 0.3) is 0 Å². The van der Waals surface area contributed by atoms with E-state index in [1.807, 2.05) is 20.8 Å². The number of hydrogen-bond donors (Lipinski definition) is 2. The summed E-state index contributed by atoms with van der Waals surface area (Å²) in [7, 11) is 0. The number of rotatable bonds is 4. The van der Waals surface area contributed by atoms with Crippen LogP contribution in [0.2, 0.25) is 0 Å². The van der Waals surface area contributed by atoms with Gasteiger partial charge in [-0.2, -0.15) is 0 Å². The lowest BCUT2D eigenvalue weighted by Gasteiger charge is -2.39. The van der Waals surface area contributed by atoms with Crippen LogP contribution in [0.15, 0.2) is 12.7 Å². The van der Waals surface area contributed by atoms with Gasteiger partial charge in [-0.1, -0.05) is 6.08 Å². The highest BCUT2D eigenvalue weighted by Gasteiger charge is 2.37. The largest absolute Gasteiger partial charge is 0.480 e. The molecule has 3 N–H and O–H groups in total. The molecule has 0 radical (unpaired) electrons. The van der Waals surface area contributed by atoms with E-state index < -0.39 is 23.8 Å². The molecule has 0 bridgehead atoms. The average molecular weight is 284 g/mol.